The maximum absolute atomic E-state index is 3.54. The zero-order chi connectivity index (χ0) is 12.3. The van der Waals surface area contributed by atoms with Gasteiger partial charge >= 0.3 is 0 Å². The largest absolute Gasteiger partial charge is 0.313 e. The lowest BCUT2D eigenvalue weighted by Crippen LogP contribution is -2.33. The van der Waals surface area contributed by atoms with Crippen LogP contribution in [-0.2, 0) is 0 Å². The van der Waals surface area contributed by atoms with Crippen LogP contribution in [-0.4, -0.2) is 30.6 Å². The van der Waals surface area contributed by atoms with E-state index in [0.717, 1.165) is 6.54 Å². The molecule has 0 spiro atoms. The molecule has 1 aliphatic rings. The molecule has 0 aromatic heterocycles. The first kappa shape index (κ1) is 13.1. The van der Waals surface area contributed by atoms with Crippen molar-refractivity contribution in [3.05, 3.63) is 34.3 Å². The molecule has 0 radical (unpaired) electrons. The molecule has 2 unspecified atom stereocenters. The Balaban J connectivity index is 1.99. The molecule has 17 heavy (non-hydrogen) atoms. The molecule has 94 valence electrons. The second kappa shape index (κ2) is 5.98. The van der Waals surface area contributed by atoms with Gasteiger partial charge in [0.1, 0.15) is 0 Å². The highest BCUT2D eigenvalue weighted by molar-refractivity contribution is 9.10. The third-order valence-electron chi connectivity index (χ3n) is 3.59. The topological polar surface area (TPSA) is 15.3 Å². The van der Waals surface area contributed by atoms with Gasteiger partial charge in [-0.1, -0.05) is 35.0 Å². The van der Waals surface area contributed by atoms with Crippen LogP contribution in [0.4, 0.5) is 0 Å². The third-order valence-corrected chi connectivity index (χ3v) is 4.08. The second-order valence-corrected chi connectivity index (χ2v) is 5.68. The molecule has 2 atom stereocenters. The predicted octanol–water partition coefficient (Wildman–Crippen LogP) is 3.19. The summed E-state index contributed by atoms with van der Waals surface area (Å²) < 4.78 is 1.17. The summed E-state index contributed by atoms with van der Waals surface area (Å²) in [7, 11) is 0. The molecular weight excluding hydrogens is 276 g/mol. The Morgan fingerprint density at radius 1 is 1.53 bits per heavy atom. The van der Waals surface area contributed by atoms with Crippen LogP contribution < -0.4 is 5.32 Å². The second-order valence-electron chi connectivity index (χ2n) is 4.77. The zero-order valence-electron chi connectivity index (χ0n) is 10.6. The zero-order valence-corrected chi connectivity index (χ0v) is 12.2. The summed E-state index contributed by atoms with van der Waals surface area (Å²) in [6.45, 7) is 7.92. The molecule has 1 aromatic carbocycles. The summed E-state index contributed by atoms with van der Waals surface area (Å²) in [6, 6.07) is 9.84. The number of halogens is 1. The van der Waals surface area contributed by atoms with Gasteiger partial charge in [-0.3, -0.25) is 4.90 Å². The van der Waals surface area contributed by atoms with Gasteiger partial charge in [0.05, 0.1) is 0 Å². The van der Waals surface area contributed by atoms with Crippen molar-refractivity contribution in [2.24, 2.45) is 0 Å². The smallest absolute Gasteiger partial charge is 0.0320 e. The van der Waals surface area contributed by atoms with Crippen LogP contribution in [0.2, 0.25) is 0 Å². The fraction of sp³-hybridized carbons (Fsp3) is 0.571. The highest BCUT2D eigenvalue weighted by Crippen LogP contribution is 2.26. The van der Waals surface area contributed by atoms with Gasteiger partial charge in [-0.2, -0.15) is 0 Å². The van der Waals surface area contributed by atoms with Crippen LogP contribution in [0.3, 0.4) is 0 Å². The van der Waals surface area contributed by atoms with Crippen LogP contribution in [0.5, 0.6) is 0 Å². The van der Waals surface area contributed by atoms with Crippen molar-refractivity contribution in [2.75, 3.05) is 19.6 Å². The number of rotatable bonds is 4. The molecule has 2 nitrogen and oxygen atoms in total. The van der Waals surface area contributed by atoms with Crippen molar-refractivity contribution >= 4 is 15.9 Å². The highest BCUT2D eigenvalue weighted by Gasteiger charge is 2.25. The highest BCUT2D eigenvalue weighted by atomic mass is 79.9. The van der Waals surface area contributed by atoms with E-state index in [0.29, 0.717) is 12.1 Å². The van der Waals surface area contributed by atoms with Gasteiger partial charge in [-0.05, 0) is 37.6 Å². The van der Waals surface area contributed by atoms with Gasteiger partial charge in [0.2, 0.25) is 0 Å². The lowest BCUT2D eigenvalue weighted by molar-refractivity contribution is 0.256. The van der Waals surface area contributed by atoms with Crippen LogP contribution in [0, 0.1) is 0 Å². The van der Waals surface area contributed by atoms with Crippen LogP contribution in [0.25, 0.3) is 0 Å². The van der Waals surface area contributed by atoms with Crippen LogP contribution in [0.1, 0.15) is 31.9 Å². The Kier molecular flexibility index (Phi) is 4.60. The minimum absolute atomic E-state index is 0.510. The van der Waals surface area contributed by atoms with Crippen molar-refractivity contribution in [2.45, 2.75) is 32.4 Å². The first-order chi connectivity index (χ1) is 8.20. The summed E-state index contributed by atoms with van der Waals surface area (Å²) in [6.07, 6.45) is 1.27. The molecule has 2 rings (SSSR count). The minimum Gasteiger partial charge on any atom is -0.313 e. The molecule has 0 amide bonds. The first-order valence-corrected chi connectivity index (χ1v) is 7.23. The van der Waals surface area contributed by atoms with Gasteiger partial charge in [-0.15, -0.1) is 0 Å². The SMILES string of the molecule is CCNC1CCN(C(C)c2cccc(Br)c2)C1. The van der Waals surface area contributed by atoms with E-state index < -0.39 is 0 Å². The Hall–Kier alpha value is -0.380. The van der Waals surface area contributed by atoms with E-state index in [2.05, 4.69) is 64.3 Å². The standard InChI is InChI=1S/C14H21BrN2/c1-3-16-14-7-8-17(10-14)11(2)12-5-4-6-13(15)9-12/h4-6,9,11,14,16H,3,7-8,10H2,1-2H3. The quantitative estimate of drug-likeness (QED) is 0.918. The molecule has 1 N–H and O–H groups in total. The van der Waals surface area contributed by atoms with Gasteiger partial charge in [0.15, 0.2) is 0 Å². The Morgan fingerprint density at radius 3 is 3.06 bits per heavy atom. The van der Waals surface area contributed by atoms with E-state index in [9.17, 15) is 0 Å². The number of benzene rings is 1. The normalized spacial score (nSPS) is 22.9. The van der Waals surface area contributed by atoms with Crippen LogP contribution >= 0.6 is 15.9 Å². The molecule has 1 aromatic rings. The summed E-state index contributed by atoms with van der Waals surface area (Å²) in [5, 5.41) is 3.54. The van der Waals surface area contributed by atoms with E-state index in [1.54, 1.807) is 0 Å². The Bertz CT molecular complexity index is 367. The lowest BCUT2D eigenvalue weighted by atomic mass is 10.1. The first-order valence-electron chi connectivity index (χ1n) is 6.43. The van der Waals surface area contributed by atoms with Crippen molar-refractivity contribution in [1.29, 1.82) is 0 Å². The minimum atomic E-state index is 0.510. The molecule has 1 aliphatic heterocycles. The number of hydrogen-bond acceptors (Lipinski definition) is 2. The average Bonchev–Trinajstić information content (AvgIpc) is 2.77. The predicted molar refractivity (Wildman–Crippen MR) is 76.2 cm³/mol. The van der Waals surface area contributed by atoms with E-state index in [-0.39, 0.29) is 0 Å². The molecule has 1 saturated heterocycles. The molecule has 3 heteroatoms. The van der Waals surface area contributed by atoms with Crippen molar-refractivity contribution in [1.82, 2.24) is 10.2 Å². The maximum atomic E-state index is 3.54. The molecule has 1 fully saturated rings. The van der Waals surface area contributed by atoms with E-state index in [1.807, 2.05) is 0 Å². The summed E-state index contributed by atoms with van der Waals surface area (Å²) in [4.78, 5) is 2.56. The third kappa shape index (κ3) is 3.30. The van der Waals surface area contributed by atoms with Gasteiger partial charge in [0.25, 0.3) is 0 Å². The molecule has 0 saturated carbocycles. The Morgan fingerprint density at radius 2 is 2.35 bits per heavy atom. The number of likely N-dealkylation sites (N-methyl/N-ethyl adjacent to an activating group) is 1. The van der Waals surface area contributed by atoms with Gasteiger partial charge in [-0.25, -0.2) is 0 Å². The number of likely N-dealkylation sites (tertiary alicyclic amines) is 1. The number of hydrogen-bond donors (Lipinski definition) is 1. The average molecular weight is 297 g/mol. The van der Waals surface area contributed by atoms with Gasteiger partial charge in [0, 0.05) is 29.6 Å². The number of nitrogens with zero attached hydrogens (tertiary/aromatic N) is 1. The maximum Gasteiger partial charge on any atom is 0.0320 e. The summed E-state index contributed by atoms with van der Waals surface area (Å²) in [5.41, 5.74) is 1.40. The van der Waals surface area contributed by atoms with Crippen molar-refractivity contribution in [3.63, 3.8) is 0 Å². The molecule has 1 heterocycles. The Labute approximate surface area is 113 Å². The molecule has 0 aliphatic carbocycles. The number of nitrogens with one attached hydrogen (secondary N) is 1. The van der Waals surface area contributed by atoms with Crippen molar-refractivity contribution < 1.29 is 0 Å². The van der Waals surface area contributed by atoms with Crippen LogP contribution in [0.15, 0.2) is 28.7 Å². The lowest BCUT2D eigenvalue weighted by Gasteiger charge is -2.25. The summed E-state index contributed by atoms with van der Waals surface area (Å²) in [5.74, 6) is 0. The fourth-order valence-electron chi connectivity index (χ4n) is 2.57. The van der Waals surface area contributed by atoms with Gasteiger partial charge < -0.3 is 5.32 Å². The molecular formula is C14H21BrN2. The van der Waals surface area contributed by atoms with E-state index in [4.69, 9.17) is 0 Å². The molecule has 0 bridgehead atoms. The summed E-state index contributed by atoms with van der Waals surface area (Å²) >= 11 is 3.54. The van der Waals surface area contributed by atoms with Crippen molar-refractivity contribution in [3.8, 4) is 0 Å². The monoisotopic (exact) mass is 296 g/mol. The van der Waals surface area contributed by atoms with E-state index >= 15 is 0 Å². The van der Waals surface area contributed by atoms with E-state index in [1.165, 1.54) is 29.5 Å². The fourth-order valence-corrected chi connectivity index (χ4v) is 2.99.